The maximum absolute atomic E-state index is 14.2. The van der Waals surface area contributed by atoms with Crippen molar-refractivity contribution in [3.05, 3.63) is 117 Å². The molecule has 2 amide bonds. The van der Waals surface area contributed by atoms with E-state index >= 15 is 0 Å². The summed E-state index contributed by atoms with van der Waals surface area (Å²) >= 11 is 8.91. The maximum Gasteiger partial charge on any atom is 0.263 e. The van der Waals surface area contributed by atoms with Crippen LogP contribution >= 0.6 is 34.3 Å². The van der Waals surface area contributed by atoms with E-state index in [1.807, 2.05) is 58.9 Å². The number of benzene rings is 4. The van der Waals surface area contributed by atoms with E-state index in [0.717, 1.165) is 64.8 Å². The molecule has 2 heterocycles. The van der Waals surface area contributed by atoms with Crippen LogP contribution in [-0.4, -0.2) is 57.5 Å². The number of anilines is 2. The van der Waals surface area contributed by atoms with E-state index in [0.29, 0.717) is 44.0 Å². The van der Waals surface area contributed by atoms with Crippen LogP contribution in [0.2, 0.25) is 5.02 Å². The van der Waals surface area contributed by atoms with E-state index in [1.165, 1.54) is 39.7 Å². The first-order chi connectivity index (χ1) is 27.4. The lowest BCUT2D eigenvalue weighted by atomic mass is 10.1. The van der Waals surface area contributed by atoms with Crippen LogP contribution in [0.5, 0.6) is 11.5 Å². The number of aromatic hydroxyl groups is 1. The van der Waals surface area contributed by atoms with Crippen molar-refractivity contribution in [2.24, 2.45) is 0 Å². The Morgan fingerprint density at radius 1 is 0.702 bits per heavy atom. The molecule has 1 N–H and O–H groups in total. The predicted molar refractivity (Wildman–Crippen MR) is 229 cm³/mol. The molecule has 0 aliphatic rings. The van der Waals surface area contributed by atoms with Gasteiger partial charge in [0.15, 0.2) is 0 Å². The molecule has 4 aromatic carbocycles. The van der Waals surface area contributed by atoms with Crippen molar-refractivity contribution < 1.29 is 23.8 Å². The van der Waals surface area contributed by atoms with Crippen LogP contribution in [0.25, 0.3) is 21.1 Å². The molecule has 298 valence electrons. The second-order valence-electron chi connectivity index (χ2n) is 13.5. The van der Waals surface area contributed by atoms with E-state index in [1.54, 1.807) is 48.4 Å². The summed E-state index contributed by atoms with van der Waals surface area (Å²) in [7, 11) is 1.65. The zero-order valence-corrected chi connectivity index (χ0v) is 35.5. The van der Waals surface area contributed by atoms with Gasteiger partial charge in [-0.1, -0.05) is 85.2 Å². The van der Waals surface area contributed by atoms with E-state index in [-0.39, 0.29) is 17.2 Å². The lowest BCUT2D eigenvalue weighted by Gasteiger charge is -2.19. The molecule has 0 unspecified atom stereocenters. The normalized spacial score (nSPS) is 10.8. The number of halogens is 2. The van der Waals surface area contributed by atoms with Crippen molar-refractivity contribution in [1.29, 1.82) is 0 Å². The summed E-state index contributed by atoms with van der Waals surface area (Å²) in [5, 5.41) is 29.9. The highest BCUT2D eigenvalue weighted by Gasteiger charge is 2.25. The molecule has 2 aromatic heterocycles. The largest absolute Gasteiger partial charge is 0.507 e. The molecule has 0 saturated heterocycles. The summed E-state index contributed by atoms with van der Waals surface area (Å²) in [6.07, 6.45) is 3.50. The lowest BCUT2D eigenvalue weighted by molar-refractivity contribution is 0.0976. The number of aromatic nitrogens is 4. The summed E-state index contributed by atoms with van der Waals surface area (Å²) < 4.78 is 19.6. The maximum atomic E-state index is 14.2. The third-order valence-corrected chi connectivity index (χ3v) is 11.4. The molecule has 0 bridgehead atoms. The minimum absolute atomic E-state index is 0.0384. The number of carbonyl (C=O) groups excluding carboxylic acids is 2. The molecule has 0 fully saturated rings. The molecule has 0 radical (unpaired) electrons. The average molecular weight is 829 g/mol. The number of hydrogen-bond donors (Lipinski definition) is 1. The Bertz CT molecular complexity index is 2300. The summed E-state index contributed by atoms with van der Waals surface area (Å²) in [4.78, 5) is 29.3. The minimum atomic E-state index is -0.537. The zero-order valence-electron chi connectivity index (χ0n) is 33.1. The Morgan fingerprint density at radius 2 is 1.14 bits per heavy atom. The number of ether oxygens (including phenoxy) is 1. The Kier molecular flexibility index (Phi) is 14.9. The quantitative estimate of drug-likeness (QED) is 0.122. The van der Waals surface area contributed by atoms with E-state index in [9.17, 15) is 19.1 Å². The highest BCUT2D eigenvalue weighted by Crippen LogP contribution is 2.36. The Balaban J connectivity index is 0.000000218. The van der Waals surface area contributed by atoms with Gasteiger partial charge in [0, 0.05) is 24.2 Å². The fourth-order valence-corrected chi connectivity index (χ4v) is 8.05. The Hall–Kier alpha value is -5.24. The van der Waals surface area contributed by atoms with E-state index in [4.69, 9.17) is 16.3 Å². The average Bonchev–Trinajstić information content (AvgIpc) is 3.89. The SMILES string of the molecule is CCCCN(C(=O)c1ccccc1Cl)c1nnc(-c2cc(C)c(O)c(C)c2)s1.CCCCN(C(=O)c1ccccc1F)c1nnc(-c2cc(C)c(OC)c(C)c2)s1. The van der Waals surface area contributed by atoms with Gasteiger partial charge in [-0.2, -0.15) is 0 Å². The number of phenolic OH excluding ortho intramolecular Hbond substituents is 1. The molecule has 0 aliphatic carbocycles. The molecular weight excluding hydrogens is 783 g/mol. The van der Waals surface area contributed by atoms with Crippen LogP contribution in [0.15, 0.2) is 72.8 Å². The van der Waals surface area contributed by atoms with Crippen LogP contribution in [0, 0.1) is 33.5 Å². The summed E-state index contributed by atoms with van der Waals surface area (Å²) in [5.74, 6) is 0.0102. The third kappa shape index (κ3) is 10.2. The standard InChI is InChI=1S/C22H24FN3O2S.C21H22ClN3O2S/c1-5-6-11-26(21(27)17-9-7-8-10-18(17)23)22-25-24-20(29-22)16-12-14(2)19(28-4)15(3)13-16;1-4-5-10-25(20(27)16-8-6-7-9-17(16)22)21-24-23-19(28-21)15-11-13(2)18(26)14(3)12-15/h7-10,12-13H,5-6,11H2,1-4H3;6-9,11-12,26H,4-5,10H2,1-3H3. The molecular formula is C43H46ClFN6O4S2. The molecule has 0 atom stereocenters. The number of amides is 2. The predicted octanol–water partition coefficient (Wildman–Crippen LogP) is 11.0. The van der Waals surface area contributed by atoms with Gasteiger partial charge in [-0.05, 0) is 111 Å². The number of methoxy groups -OCH3 is 1. The minimum Gasteiger partial charge on any atom is -0.507 e. The van der Waals surface area contributed by atoms with Gasteiger partial charge in [0.2, 0.25) is 10.3 Å². The van der Waals surface area contributed by atoms with Crippen LogP contribution in [0.4, 0.5) is 14.7 Å². The second-order valence-corrected chi connectivity index (χ2v) is 15.8. The third-order valence-electron chi connectivity index (χ3n) is 9.11. The van der Waals surface area contributed by atoms with E-state index < -0.39 is 11.7 Å². The summed E-state index contributed by atoms with van der Waals surface area (Å²) in [6, 6.07) is 20.8. The highest BCUT2D eigenvalue weighted by atomic mass is 35.5. The first kappa shape index (κ1) is 42.9. The van der Waals surface area contributed by atoms with Gasteiger partial charge in [0.25, 0.3) is 11.8 Å². The fourth-order valence-electron chi connectivity index (χ4n) is 6.12. The van der Waals surface area contributed by atoms with Gasteiger partial charge in [-0.25, -0.2) is 4.39 Å². The number of phenols is 1. The van der Waals surface area contributed by atoms with Gasteiger partial charge >= 0.3 is 0 Å². The van der Waals surface area contributed by atoms with Gasteiger partial charge in [0.05, 0.1) is 23.3 Å². The van der Waals surface area contributed by atoms with Crippen LogP contribution in [0.3, 0.4) is 0 Å². The van der Waals surface area contributed by atoms with Crippen molar-refractivity contribution in [2.45, 2.75) is 67.2 Å². The molecule has 0 aliphatic heterocycles. The van der Waals surface area contributed by atoms with Crippen molar-refractivity contribution >= 4 is 56.4 Å². The van der Waals surface area contributed by atoms with Gasteiger partial charge in [0.1, 0.15) is 27.3 Å². The molecule has 10 nitrogen and oxygen atoms in total. The summed E-state index contributed by atoms with van der Waals surface area (Å²) in [6.45, 7) is 12.8. The summed E-state index contributed by atoms with van der Waals surface area (Å²) in [5.41, 5.74) is 5.85. The molecule has 0 spiro atoms. The fraction of sp³-hybridized carbons (Fsp3) is 0.302. The first-order valence-corrected chi connectivity index (χ1v) is 20.6. The molecule has 14 heteroatoms. The Morgan fingerprint density at radius 3 is 1.60 bits per heavy atom. The smallest absolute Gasteiger partial charge is 0.263 e. The molecule has 57 heavy (non-hydrogen) atoms. The van der Waals surface area contributed by atoms with Crippen molar-refractivity contribution in [2.75, 3.05) is 30.0 Å². The number of nitrogens with zero attached hydrogens (tertiary/aromatic N) is 6. The van der Waals surface area contributed by atoms with Crippen molar-refractivity contribution in [3.8, 4) is 32.6 Å². The van der Waals surface area contributed by atoms with Gasteiger partial charge in [-0.15, -0.1) is 20.4 Å². The lowest BCUT2D eigenvalue weighted by Crippen LogP contribution is -2.32. The van der Waals surface area contributed by atoms with Gasteiger partial charge in [-0.3, -0.25) is 19.4 Å². The second kappa shape index (κ2) is 19.8. The van der Waals surface area contributed by atoms with E-state index in [2.05, 4.69) is 27.3 Å². The first-order valence-electron chi connectivity index (χ1n) is 18.6. The number of rotatable bonds is 13. The van der Waals surface area contributed by atoms with Crippen LogP contribution in [0.1, 0.15) is 82.5 Å². The molecule has 6 aromatic rings. The highest BCUT2D eigenvalue weighted by molar-refractivity contribution is 7.19. The van der Waals surface area contributed by atoms with Gasteiger partial charge < -0.3 is 9.84 Å². The number of hydrogen-bond acceptors (Lipinski definition) is 10. The number of carbonyl (C=O) groups is 2. The number of aryl methyl sites for hydroxylation is 4. The van der Waals surface area contributed by atoms with Crippen LogP contribution < -0.4 is 14.5 Å². The molecule has 0 saturated carbocycles. The Labute approximate surface area is 346 Å². The number of unbranched alkanes of at least 4 members (excludes halogenated alkanes) is 2. The molecule has 6 rings (SSSR count). The monoisotopic (exact) mass is 828 g/mol. The van der Waals surface area contributed by atoms with Crippen molar-refractivity contribution in [3.63, 3.8) is 0 Å². The topological polar surface area (TPSA) is 122 Å². The zero-order chi connectivity index (χ0) is 41.2. The van der Waals surface area contributed by atoms with Crippen LogP contribution in [-0.2, 0) is 0 Å². The van der Waals surface area contributed by atoms with Crippen molar-refractivity contribution in [1.82, 2.24) is 20.4 Å².